The highest BCUT2D eigenvalue weighted by Crippen LogP contribution is 1.87. The fraction of sp³-hybridized carbons (Fsp3) is 0.625. The Balaban J connectivity index is -0.000000142. The molecule has 0 fully saturated rings. The molecule has 0 heterocycles. The number of nitrogens with one attached hydrogen (secondary N) is 1. The van der Waals surface area contributed by atoms with Gasteiger partial charge in [0.1, 0.15) is 0 Å². The largest absolute Gasteiger partial charge is 1.00 e. The monoisotopic (exact) mass is 195 g/mol. The SMILES string of the molecule is C=C(C)C(=O)OC.C[NH+](C)C.[Cl-]. The lowest BCUT2D eigenvalue weighted by molar-refractivity contribution is -0.836. The lowest BCUT2D eigenvalue weighted by atomic mass is 10.4. The van der Waals surface area contributed by atoms with Crippen molar-refractivity contribution in [1.82, 2.24) is 0 Å². The van der Waals surface area contributed by atoms with E-state index >= 15 is 0 Å². The van der Waals surface area contributed by atoms with Crippen LogP contribution in [-0.2, 0) is 9.53 Å². The number of esters is 1. The molecular weight excluding hydrogens is 178 g/mol. The molecule has 0 aliphatic heterocycles. The standard InChI is InChI=1S/C5H8O2.C3H9N.ClH/c1-4(2)5(6)7-3;1-4(2)3;/h1H2,2-3H3;1-3H3;1H. The zero-order chi connectivity index (χ0) is 9.44. The molecule has 0 radical (unpaired) electrons. The van der Waals surface area contributed by atoms with Crippen molar-refractivity contribution in [3.05, 3.63) is 12.2 Å². The molecule has 4 heteroatoms. The molecule has 0 unspecified atom stereocenters. The van der Waals surface area contributed by atoms with Gasteiger partial charge in [-0.15, -0.1) is 0 Å². The van der Waals surface area contributed by atoms with Gasteiger partial charge in [0.25, 0.3) is 0 Å². The van der Waals surface area contributed by atoms with Crippen molar-refractivity contribution in [1.29, 1.82) is 0 Å². The van der Waals surface area contributed by atoms with Crippen LogP contribution in [0.1, 0.15) is 6.92 Å². The summed E-state index contributed by atoms with van der Waals surface area (Å²) < 4.78 is 4.27. The second-order valence-electron chi connectivity index (χ2n) is 2.77. The van der Waals surface area contributed by atoms with E-state index < -0.39 is 0 Å². The number of rotatable bonds is 1. The lowest BCUT2D eigenvalue weighted by Crippen LogP contribution is -3.02. The molecule has 0 bridgehead atoms. The van der Waals surface area contributed by atoms with Crippen LogP contribution in [0.5, 0.6) is 0 Å². The van der Waals surface area contributed by atoms with Crippen LogP contribution in [0.15, 0.2) is 12.2 Å². The number of hydrogen-bond donors (Lipinski definition) is 1. The van der Waals surface area contributed by atoms with Crippen LogP contribution in [0.25, 0.3) is 0 Å². The van der Waals surface area contributed by atoms with Gasteiger partial charge in [-0.2, -0.15) is 0 Å². The minimum absolute atomic E-state index is 0. The molecule has 0 aliphatic carbocycles. The number of halogens is 1. The summed E-state index contributed by atoms with van der Waals surface area (Å²) in [4.78, 5) is 11.6. The van der Waals surface area contributed by atoms with Crippen LogP contribution in [0.3, 0.4) is 0 Å². The van der Waals surface area contributed by atoms with Gasteiger partial charge < -0.3 is 22.0 Å². The van der Waals surface area contributed by atoms with E-state index in [2.05, 4.69) is 32.5 Å². The molecule has 0 saturated heterocycles. The zero-order valence-corrected chi connectivity index (χ0v) is 9.16. The molecule has 0 aromatic carbocycles. The quantitative estimate of drug-likeness (QED) is 0.348. The molecule has 0 spiro atoms. The molecule has 74 valence electrons. The summed E-state index contributed by atoms with van der Waals surface area (Å²) >= 11 is 0. The average molecular weight is 196 g/mol. The molecule has 0 aliphatic rings. The van der Waals surface area contributed by atoms with Crippen LogP contribution in [0.4, 0.5) is 0 Å². The van der Waals surface area contributed by atoms with E-state index in [4.69, 9.17) is 0 Å². The maximum atomic E-state index is 10.2. The van der Waals surface area contributed by atoms with Crippen molar-refractivity contribution in [3.63, 3.8) is 0 Å². The van der Waals surface area contributed by atoms with Gasteiger partial charge >= 0.3 is 5.97 Å². The highest BCUT2D eigenvalue weighted by molar-refractivity contribution is 5.86. The third-order valence-corrected chi connectivity index (χ3v) is 0.534. The minimum atomic E-state index is -0.347. The third kappa shape index (κ3) is 22.7. The summed E-state index contributed by atoms with van der Waals surface area (Å²) in [6.45, 7) is 4.95. The van der Waals surface area contributed by atoms with E-state index in [0.717, 1.165) is 0 Å². The molecule has 0 atom stereocenters. The van der Waals surface area contributed by atoms with Gasteiger partial charge in [0.2, 0.25) is 0 Å². The van der Waals surface area contributed by atoms with Crippen molar-refractivity contribution in [2.45, 2.75) is 6.92 Å². The maximum Gasteiger partial charge on any atom is 0.332 e. The summed E-state index contributed by atoms with van der Waals surface area (Å²) in [6.07, 6.45) is 0. The first-order valence-electron chi connectivity index (χ1n) is 3.42. The van der Waals surface area contributed by atoms with Gasteiger partial charge in [-0.25, -0.2) is 4.79 Å². The number of carbonyl (C=O) groups excluding carboxylic acids is 1. The predicted molar refractivity (Wildman–Crippen MR) is 45.6 cm³/mol. The zero-order valence-electron chi connectivity index (χ0n) is 8.40. The summed E-state index contributed by atoms with van der Waals surface area (Å²) in [5.41, 5.74) is 0.433. The van der Waals surface area contributed by atoms with E-state index in [0.29, 0.717) is 5.57 Å². The van der Waals surface area contributed by atoms with Crippen molar-refractivity contribution in [3.8, 4) is 0 Å². The van der Waals surface area contributed by atoms with E-state index in [1.165, 1.54) is 12.0 Å². The van der Waals surface area contributed by atoms with Crippen molar-refractivity contribution in [2.24, 2.45) is 0 Å². The average Bonchev–Trinajstić information content (AvgIpc) is 1.85. The first-order valence-corrected chi connectivity index (χ1v) is 3.42. The van der Waals surface area contributed by atoms with Gasteiger partial charge in [-0.1, -0.05) is 6.58 Å². The Bertz CT molecular complexity index is 132. The van der Waals surface area contributed by atoms with E-state index in [-0.39, 0.29) is 18.4 Å². The van der Waals surface area contributed by atoms with Gasteiger partial charge in [-0.05, 0) is 6.92 Å². The van der Waals surface area contributed by atoms with Crippen LogP contribution in [0, 0.1) is 0 Å². The molecule has 1 N–H and O–H groups in total. The summed E-state index contributed by atoms with van der Waals surface area (Å²) in [5.74, 6) is -0.347. The Morgan fingerprint density at radius 1 is 1.33 bits per heavy atom. The summed E-state index contributed by atoms with van der Waals surface area (Å²) in [7, 11) is 7.58. The van der Waals surface area contributed by atoms with Crippen molar-refractivity contribution in [2.75, 3.05) is 28.3 Å². The second-order valence-corrected chi connectivity index (χ2v) is 2.77. The molecule has 0 amide bonds. The Kier molecular flexibility index (Phi) is 15.3. The molecule has 0 aromatic heterocycles. The third-order valence-electron chi connectivity index (χ3n) is 0.534. The highest BCUT2D eigenvalue weighted by Gasteiger charge is 1.95. The van der Waals surface area contributed by atoms with Crippen molar-refractivity contribution < 1.29 is 26.8 Å². The van der Waals surface area contributed by atoms with Crippen LogP contribution in [-0.4, -0.2) is 34.2 Å². The summed E-state index contributed by atoms with van der Waals surface area (Å²) in [6, 6.07) is 0. The van der Waals surface area contributed by atoms with Crippen LogP contribution >= 0.6 is 0 Å². The Morgan fingerprint density at radius 3 is 1.58 bits per heavy atom. The molecule has 12 heavy (non-hydrogen) atoms. The summed E-state index contributed by atoms with van der Waals surface area (Å²) in [5, 5.41) is 0. The Morgan fingerprint density at radius 2 is 1.58 bits per heavy atom. The number of methoxy groups -OCH3 is 1. The van der Waals surface area contributed by atoms with Crippen molar-refractivity contribution >= 4 is 5.97 Å². The van der Waals surface area contributed by atoms with E-state index in [1.807, 2.05) is 0 Å². The van der Waals surface area contributed by atoms with E-state index in [1.54, 1.807) is 6.92 Å². The molecule has 0 saturated carbocycles. The van der Waals surface area contributed by atoms with Gasteiger partial charge in [0.05, 0.1) is 28.3 Å². The fourth-order valence-electron chi connectivity index (χ4n) is 0.174. The molecule has 3 nitrogen and oxygen atoms in total. The Labute approximate surface area is 80.8 Å². The topological polar surface area (TPSA) is 30.7 Å². The van der Waals surface area contributed by atoms with Gasteiger partial charge in [-0.3, -0.25) is 0 Å². The van der Waals surface area contributed by atoms with Gasteiger partial charge in [0, 0.05) is 5.57 Å². The first-order chi connectivity index (χ1) is 4.91. The molecule has 0 rings (SSSR count). The molecule has 0 aromatic rings. The first kappa shape index (κ1) is 17.5. The van der Waals surface area contributed by atoms with Crippen LogP contribution < -0.4 is 17.3 Å². The van der Waals surface area contributed by atoms with Gasteiger partial charge in [0.15, 0.2) is 0 Å². The number of quaternary nitrogens is 1. The maximum absolute atomic E-state index is 10.2. The number of ether oxygens (including phenoxy) is 1. The smallest absolute Gasteiger partial charge is 0.332 e. The fourth-order valence-corrected chi connectivity index (χ4v) is 0.174. The molecular formula is C8H18ClNO2. The lowest BCUT2D eigenvalue weighted by Gasteiger charge is -1.91. The minimum Gasteiger partial charge on any atom is -1.00 e. The van der Waals surface area contributed by atoms with Crippen LogP contribution in [0.2, 0.25) is 0 Å². The van der Waals surface area contributed by atoms with E-state index in [9.17, 15) is 4.79 Å². The second kappa shape index (κ2) is 10.5. The number of carbonyl (C=O) groups is 1. The number of hydrogen-bond acceptors (Lipinski definition) is 2. The Hall–Kier alpha value is -0.540. The predicted octanol–water partition coefficient (Wildman–Crippen LogP) is -3.50. The highest BCUT2D eigenvalue weighted by atomic mass is 35.5. The normalized spacial score (nSPS) is 7.50.